The fourth-order valence-electron chi connectivity index (χ4n) is 4.35. The molecule has 0 heterocycles. The minimum absolute atomic E-state index is 0.778. The Morgan fingerprint density at radius 1 is 0.424 bits per heavy atom. The quantitative estimate of drug-likeness (QED) is 0.152. The summed E-state index contributed by atoms with van der Waals surface area (Å²) in [6.45, 7) is 0. The van der Waals surface area contributed by atoms with E-state index in [1.807, 2.05) is 91.0 Å². The standard InChI is InChI=1S/C30H24FPSi/c31-33(27-19-9-3-10-20-27,28-21-11-4-12-22-28)30-24-14-13-23-29(30)32(25-15-5-1-6-16-25)26-17-7-2-8-18-26/h1-24H. The van der Waals surface area contributed by atoms with Gasteiger partial charge in [0.2, 0.25) is 0 Å². The molecule has 0 aliphatic heterocycles. The Morgan fingerprint density at radius 2 is 0.788 bits per heavy atom. The van der Waals surface area contributed by atoms with Gasteiger partial charge >= 0.3 is 8.41 Å². The van der Waals surface area contributed by atoms with E-state index < -0.39 is 16.3 Å². The lowest BCUT2D eigenvalue weighted by Gasteiger charge is -2.30. The van der Waals surface area contributed by atoms with Crippen LogP contribution in [0.25, 0.3) is 0 Å². The zero-order valence-electron chi connectivity index (χ0n) is 18.2. The fourth-order valence-corrected chi connectivity index (χ4v) is 10.5. The van der Waals surface area contributed by atoms with Crippen molar-refractivity contribution in [2.24, 2.45) is 0 Å². The molecule has 0 nitrogen and oxygen atoms in total. The van der Waals surface area contributed by atoms with Crippen LogP contribution in [0.5, 0.6) is 0 Å². The maximum atomic E-state index is 17.8. The van der Waals surface area contributed by atoms with Gasteiger partial charge in [-0.3, -0.25) is 4.11 Å². The first-order valence-corrected chi connectivity index (χ1v) is 14.3. The maximum Gasteiger partial charge on any atom is 0.340 e. The minimum Gasteiger partial charge on any atom is -0.296 e. The van der Waals surface area contributed by atoms with Gasteiger partial charge in [-0.05, 0) is 39.4 Å². The second kappa shape index (κ2) is 9.66. The summed E-state index contributed by atoms with van der Waals surface area (Å²) in [6.07, 6.45) is 0. The smallest absolute Gasteiger partial charge is 0.296 e. The molecule has 160 valence electrons. The predicted molar refractivity (Wildman–Crippen MR) is 144 cm³/mol. The van der Waals surface area contributed by atoms with Crippen LogP contribution in [0.15, 0.2) is 146 Å². The normalized spacial score (nSPS) is 11.5. The summed E-state index contributed by atoms with van der Waals surface area (Å²) in [6, 6.07) is 48.7. The molecule has 0 saturated carbocycles. The highest BCUT2D eigenvalue weighted by Crippen LogP contribution is 2.32. The van der Waals surface area contributed by atoms with Crippen LogP contribution in [0.1, 0.15) is 0 Å². The molecule has 0 fully saturated rings. The largest absolute Gasteiger partial charge is 0.340 e. The summed E-state index contributed by atoms with van der Waals surface area (Å²) in [5.74, 6) is 0. The number of hydrogen-bond acceptors (Lipinski definition) is 0. The summed E-state index contributed by atoms with van der Waals surface area (Å²) in [4.78, 5) is 0. The highest BCUT2D eigenvalue weighted by Gasteiger charge is 2.43. The second-order valence-electron chi connectivity index (χ2n) is 7.91. The molecule has 0 aliphatic carbocycles. The summed E-state index contributed by atoms with van der Waals surface area (Å²) >= 11 is 0. The summed E-state index contributed by atoms with van der Waals surface area (Å²) in [7, 11) is -4.65. The molecule has 0 saturated heterocycles. The molecule has 3 heteroatoms. The Labute approximate surface area is 197 Å². The van der Waals surface area contributed by atoms with E-state index in [4.69, 9.17) is 0 Å². The lowest BCUT2D eigenvalue weighted by atomic mass is 10.3. The van der Waals surface area contributed by atoms with Gasteiger partial charge in [0, 0.05) is 0 Å². The number of halogens is 1. The highest BCUT2D eigenvalue weighted by molar-refractivity contribution is 7.80. The van der Waals surface area contributed by atoms with Crippen LogP contribution in [-0.2, 0) is 0 Å². The molecule has 0 spiro atoms. The monoisotopic (exact) mass is 462 g/mol. The summed E-state index contributed by atoms with van der Waals surface area (Å²) < 4.78 is 17.8. The maximum absolute atomic E-state index is 17.8. The Bertz CT molecular complexity index is 1230. The lowest BCUT2D eigenvalue weighted by Crippen LogP contribution is -2.67. The molecule has 0 N–H and O–H groups in total. The van der Waals surface area contributed by atoms with E-state index in [1.54, 1.807) is 0 Å². The van der Waals surface area contributed by atoms with Crippen molar-refractivity contribution in [3.05, 3.63) is 146 Å². The van der Waals surface area contributed by atoms with Gasteiger partial charge in [0.1, 0.15) is 0 Å². The molecule has 0 bridgehead atoms. The predicted octanol–water partition coefficient (Wildman–Crippen LogP) is 4.38. The minimum atomic E-state index is -3.73. The third-order valence-electron chi connectivity index (χ3n) is 5.89. The van der Waals surface area contributed by atoms with E-state index in [0.29, 0.717) is 0 Å². The van der Waals surface area contributed by atoms with E-state index >= 15 is 4.11 Å². The van der Waals surface area contributed by atoms with E-state index in [9.17, 15) is 0 Å². The average Bonchev–Trinajstić information content (AvgIpc) is 2.91. The Balaban J connectivity index is 1.80. The van der Waals surface area contributed by atoms with Crippen molar-refractivity contribution in [2.45, 2.75) is 0 Å². The Morgan fingerprint density at radius 3 is 1.24 bits per heavy atom. The van der Waals surface area contributed by atoms with Crippen LogP contribution in [0.3, 0.4) is 0 Å². The number of rotatable bonds is 6. The Hall–Kier alpha value is -3.32. The third kappa shape index (κ3) is 4.20. The van der Waals surface area contributed by atoms with Gasteiger partial charge in [0.25, 0.3) is 0 Å². The van der Waals surface area contributed by atoms with Crippen LogP contribution in [0.2, 0.25) is 0 Å². The van der Waals surface area contributed by atoms with Crippen LogP contribution >= 0.6 is 7.92 Å². The molecule has 0 unspecified atom stereocenters. The Kier molecular flexibility index (Phi) is 6.30. The van der Waals surface area contributed by atoms with Gasteiger partial charge in [-0.25, -0.2) is 0 Å². The first-order chi connectivity index (χ1) is 16.3. The van der Waals surface area contributed by atoms with Crippen LogP contribution < -0.4 is 31.5 Å². The van der Waals surface area contributed by atoms with Gasteiger partial charge in [-0.15, -0.1) is 0 Å². The van der Waals surface area contributed by atoms with Gasteiger partial charge in [0.05, 0.1) is 0 Å². The second-order valence-corrected chi connectivity index (χ2v) is 13.1. The van der Waals surface area contributed by atoms with Gasteiger partial charge in [0.15, 0.2) is 0 Å². The first kappa shape index (κ1) is 21.5. The molecule has 5 aromatic carbocycles. The van der Waals surface area contributed by atoms with Crippen LogP contribution in [-0.4, -0.2) is 8.41 Å². The van der Waals surface area contributed by atoms with Crippen molar-refractivity contribution >= 4 is 47.8 Å². The SMILES string of the molecule is F[Si](c1ccccc1)(c1ccccc1)c1ccccc1P(c1ccccc1)c1ccccc1. The number of benzene rings is 5. The van der Waals surface area contributed by atoms with E-state index in [-0.39, 0.29) is 0 Å². The molecule has 5 aromatic rings. The molecule has 0 radical (unpaired) electrons. The average molecular weight is 463 g/mol. The molecule has 0 aliphatic rings. The van der Waals surface area contributed by atoms with Gasteiger partial charge < -0.3 is 0 Å². The third-order valence-corrected chi connectivity index (χ3v) is 12.0. The molecule has 33 heavy (non-hydrogen) atoms. The molecule has 5 rings (SSSR count). The van der Waals surface area contributed by atoms with E-state index in [0.717, 1.165) is 20.9 Å². The van der Waals surface area contributed by atoms with Crippen LogP contribution in [0.4, 0.5) is 4.11 Å². The van der Waals surface area contributed by atoms with Crippen molar-refractivity contribution < 1.29 is 4.11 Å². The van der Waals surface area contributed by atoms with Crippen molar-refractivity contribution in [1.29, 1.82) is 0 Å². The molecule has 0 aromatic heterocycles. The van der Waals surface area contributed by atoms with Crippen LogP contribution in [0, 0.1) is 0 Å². The molecular formula is C30H24FPSi. The van der Waals surface area contributed by atoms with Crippen molar-refractivity contribution in [2.75, 3.05) is 0 Å². The topological polar surface area (TPSA) is 0 Å². The zero-order chi connectivity index (χ0) is 22.5. The number of hydrogen-bond donors (Lipinski definition) is 0. The van der Waals surface area contributed by atoms with Gasteiger partial charge in [-0.1, -0.05) is 146 Å². The lowest BCUT2D eigenvalue weighted by molar-refractivity contribution is 0.842. The summed E-state index contributed by atoms with van der Waals surface area (Å²) in [5, 5.41) is 5.93. The fraction of sp³-hybridized carbons (Fsp3) is 0. The van der Waals surface area contributed by atoms with Crippen molar-refractivity contribution in [3.63, 3.8) is 0 Å². The highest BCUT2D eigenvalue weighted by atomic mass is 31.1. The zero-order valence-corrected chi connectivity index (χ0v) is 20.1. The van der Waals surface area contributed by atoms with E-state index in [2.05, 4.69) is 54.6 Å². The molecular weight excluding hydrogens is 438 g/mol. The summed E-state index contributed by atoms with van der Waals surface area (Å²) in [5.41, 5.74) is 0. The van der Waals surface area contributed by atoms with Crippen molar-refractivity contribution in [3.8, 4) is 0 Å². The molecule has 0 atom stereocenters. The van der Waals surface area contributed by atoms with E-state index in [1.165, 1.54) is 10.6 Å². The van der Waals surface area contributed by atoms with Crippen molar-refractivity contribution in [1.82, 2.24) is 0 Å². The first-order valence-electron chi connectivity index (χ1n) is 11.1. The molecule has 0 amide bonds. The van der Waals surface area contributed by atoms with Gasteiger partial charge in [-0.2, -0.15) is 0 Å².